The van der Waals surface area contributed by atoms with Crippen LogP contribution >= 0.6 is 0 Å². The molecule has 5 heterocycles. The minimum absolute atomic E-state index is 0.0970. The Balaban J connectivity index is 1.36. The second kappa shape index (κ2) is 7.01. The highest BCUT2D eigenvalue weighted by Crippen LogP contribution is 2.47. The number of piperidine rings is 1. The third-order valence-electron chi connectivity index (χ3n) is 7.51. The van der Waals surface area contributed by atoms with Crippen LogP contribution in [0.15, 0.2) is 24.4 Å². The number of anilines is 2. The summed E-state index contributed by atoms with van der Waals surface area (Å²) in [6.07, 6.45) is 2.46. The van der Waals surface area contributed by atoms with Gasteiger partial charge in [0.25, 0.3) is 5.91 Å². The number of carbonyl (C=O) groups is 1. The summed E-state index contributed by atoms with van der Waals surface area (Å²) < 4.78 is 20.5. The van der Waals surface area contributed by atoms with Crippen LogP contribution in [-0.2, 0) is 6.54 Å². The van der Waals surface area contributed by atoms with Crippen molar-refractivity contribution in [1.82, 2.24) is 24.8 Å². The number of aromatic amines is 1. The molecule has 0 bridgehead atoms. The van der Waals surface area contributed by atoms with Crippen molar-refractivity contribution in [2.45, 2.75) is 25.0 Å². The van der Waals surface area contributed by atoms with E-state index in [1.807, 2.05) is 0 Å². The molecule has 4 N–H and O–H groups in total. The number of halogens is 1. The Morgan fingerprint density at radius 1 is 1.29 bits per heavy atom. The first-order chi connectivity index (χ1) is 16.9. The van der Waals surface area contributed by atoms with Crippen molar-refractivity contribution in [3.05, 3.63) is 41.5 Å². The van der Waals surface area contributed by atoms with Gasteiger partial charge in [0.15, 0.2) is 0 Å². The van der Waals surface area contributed by atoms with E-state index in [1.54, 1.807) is 31.3 Å². The van der Waals surface area contributed by atoms with E-state index < -0.39 is 0 Å². The van der Waals surface area contributed by atoms with Gasteiger partial charge in [0, 0.05) is 44.0 Å². The highest BCUT2D eigenvalue weighted by molar-refractivity contribution is 6.14. The van der Waals surface area contributed by atoms with Crippen LogP contribution in [0.2, 0.25) is 0 Å². The van der Waals surface area contributed by atoms with Gasteiger partial charge < -0.3 is 30.6 Å². The zero-order chi connectivity index (χ0) is 24.0. The van der Waals surface area contributed by atoms with Gasteiger partial charge in [0.05, 0.1) is 40.6 Å². The molecule has 1 saturated heterocycles. The van der Waals surface area contributed by atoms with E-state index in [4.69, 9.17) is 15.5 Å². The third-order valence-corrected chi connectivity index (χ3v) is 7.51. The fraction of sp³-hybridized carbons (Fsp3) is 0.333. The smallest absolute Gasteiger partial charge is 0.326 e. The lowest BCUT2D eigenvalue weighted by Gasteiger charge is -2.59. The Morgan fingerprint density at radius 2 is 2.14 bits per heavy atom. The number of hydrogen-bond acceptors (Lipinski definition) is 8. The normalized spacial score (nSPS) is 22.7. The molecule has 178 valence electrons. The second-order valence-corrected chi connectivity index (χ2v) is 9.52. The number of aromatic nitrogens is 4. The molecule has 4 aromatic rings. The number of carbonyl (C=O) groups excluding carboxylic acids is 1. The van der Waals surface area contributed by atoms with Crippen molar-refractivity contribution >= 4 is 39.3 Å². The fourth-order valence-electron chi connectivity index (χ4n) is 5.52. The van der Waals surface area contributed by atoms with Crippen LogP contribution in [0.5, 0.6) is 11.8 Å². The van der Waals surface area contributed by atoms with Gasteiger partial charge >= 0.3 is 6.01 Å². The van der Waals surface area contributed by atoms with E-state index in [1.165, 1.54) is 12.1 Å². The average molecular weight is 475 g/mol. The number of benzene rings is 1. The van der Waals surface area contributed by atoms with Crippen molar-refractivity contribution in [1.29, 1.82) is 0 Å². The maximum absolute atomic E-state index is 14.5. The molecule has 10 nitrogen and oxygen atoms in total. The molecule has 1 unspecified atom stereocenters. The van der Waals surface area contributed by atoms with Gasteiger partial charge in [0.1, 0.15) is 23.0 Å². The van der Waals surface area contributed by atoms with Crippen molar-refractivity contribution in [2.75, 3.05) is 30.9 Å². The molecule has 1 saturated carbocycles. The maximum Gasteiger partial charge on any atom is 0.326 e. The molecule has 0 radical (unpaired) electrons. The van der Waals surface area contributed by atoms with E-state index in [0.29, 0.717) is 58.1 Å². The first-order valence-corrected chi connectivity index (χ1v) is 11.6. The highest BCUT2D eigenvalue weighted by atomic mass is 19.1. The summed E-state index contributed by atoms with van der Waals surface area (Å²) in [7, 11) is 3.48. The van der Waals surface area contributed by atoms with Gasteiger partial charge in [0.2, 0.25) is 0 Å². The molecule has 3 atom stereocenters. The summed E-state index contributed by atoms with van der Waals surface area (Å²) in [5.74, 6) is 1.05. The van der Waals surface area contributed by atoms with Crippen LogP contribution in [-0.4, -0.2) is 63.5 Å². The summed E-state index contributed by atoms with van der Waals surface area (Å²) in [5.41, 5.74) is 9.30. The summed E-state index contributed by atoms with van der Waals surface area (Å²) in [6.45, 7) is 1.25. The first-order valence-electron chi connectivity index (χ1n) is 11.6. The van der Waals surface area contributed by atoms with Gasteiger partial charge in [-0.2, -0.15) is 9.97 Å². The predicted molar refractivity (Wildman–Crippen MR) is 128 cm³/mol. The molecule has 1 aromatic carbocycles. The Kier molecular flexibility index (Phi) is 4.09. The Hall–Kier alpha value is -3.99. The molecule has 3 aromatic heterocycles. The van der Waals surface area contributed by atoms with E-state index >= 15 is 0 Å². The third kappa shape index (κ3) is 2.84. The van der Waals surface area contributed by atoms with Gasteiger partial charge in [-0.3, -0.25) is 9.78 Å². The molecule has 35 heavy (non-hydrogen) atoms. The first kappa shape index (κ1) is 20.4. The van der Waals surface area contributed by atoms with Crippen LogP contribution in [0.3, 0.4) is 0 Å². The lowest BCUT2D eigenvalue weighted by molar-refractivity contribution is 0.0816. The Labute approximate surface area is 199 Å². The van der Waals surface area contributed by atoms with Gasteiger partial charge in [-0.15, -0.1) is 0 Å². The van der Waals surface area contributed by atoms with Crippen molar-refractivity contribution in [3.8, 4) is 11.8 Å². The van der Waals surface area contributed by atoms with E-state index in [-0.39, 0.29) is 23.8 Å². The van der Waals surface area contributed by atoms with Crippen molar-refractivity contribution in [2.24, 2.45) is 11.7 Å². The number of rotatable bonds is 4. The van der Waals surface area contributed by atoms with Crippen LogP contribution in [0.25, 0.3) is 21.9 Å². The number of nitrogens with one attached hydrogen (secondary N) is 2. The quantitative estimate of drug-likeness (QED) is 0.412. The summed E-state index contributed by atoms with van der Waals surface area (Å²) in [5, 5.41) is 4.48. The number of hydrogen-bond donors (Lipinski definition) is 3. The van der Waals surface area contributed by atoms with Crippen LogP contribution in [0.1, 0.15) is 22.5 Å². The summed E-state index contributed by atoms with van der Waals surface area (Å²) in [4.78, 5) is 33.3. The predicted octanol–water partition coefficient (Wildman–Crippen LogP) is 2.60. The minimum atomic E-state index is -0.347. The number of nitrogens with zero attached hydrogens (tertiary/aromatic N) is 5. The van der Waals surface area contributed by atoms with Crippen molar-refractivity contribution in [3.63, 3.8) is 0 Å². The molecule has 7 rings (SSSR count). The monoisotopic (exact) mass is 474 g/mol. The van der Waals surface area contributed by atoms with Gasteiger partial charge in [-0.1, -0.05) is 0 Å². The number of amides is 1. The minimum Gasteiger partial charge on any atom is -0.423 e. The molecule has 2 aliphatic heterocycles. The van der Waals surface area contributed by atoms with Crippen LogP contribution in [0.4, 0.5) is 15.9 Å². The van der Waals surface area contributed by atoms with Crippen molar-refractivity contribution < 1.29 is 13.9 Å². The number of pyridine rings is 1. The molecule has 0 spiro atoms. The van der Waals surface area contributed by atoms with Crippen LogP contribution in [0, 0.1) is 11.7 Å². The summed E-state index contributed by atoms with van der Waals surface area (Å²) >= 11 is 0. The zero-order valence-corrected chi connectivity index (χ0v) is 19.2. The second-order valence-electron chi connectivity index (χ2n) is 9.52. The largest absolute Gasteiger partial charge is 0.423 e. The molecule has 2 fully saturated rings. The summed E-state index contributed by atoms with van der Waals surface area (Å²) in [6, 6.07) is 5.24. The number of ether oxygens (including phenoxy) is 1. The van der Waals surface area contributed by atoms with E-state index in [2.05, 4.69) is 25.2 Å². The molecule has 1 aliphatic carbocycles. The average Bonchev–Trinajstić information content (AvgIpc) is 3.33. The number of nitrogens with two attached hydrogens (primary N) is 1. The number of H-pyrrole nitrogens is 1. The fourth-order valence-corrected chi connectivity index (χ4v) is 5.52. The lowest BCUT2D eigenvalue weighted by Crippen LogP contribution is -2.71. The van der Waals surface area contributed by atoms with E-state index in [0.717, 1.165) is 23.9 Å². The SMILES string of the molecule is CNc1cc(F)cc2c1[nH]c1nc(Oc3cnc4c(c3)C(=O)N(C)C4)nc(N3C[C@H]4C3C[C@H]4N)c12. The molecule has 11 heteroatoms. The van der Waals surface area contributed by atoms with E-state index in [9.17, 15) is 9.18 Å². The highest BCUT2D eigenvalue weighted by Gasteiger charge is 2.52. The molecule has 3 aliphatic rings. The zero-order valence-electron chi connectivity index (χ0n) is 19.2. The molecular weight excluding hydrogens is 451 g/mol. The lowest BCUT2D eigenvalue weighted by atomic mass is 9.67. The molecular formula is C24H23FN8O2. The Bertz CT molecular complexity index is 1550. The van der Waals surface area contributed by atoms with Gasteiger partial charge in [-0.25, -0.2) is 4.39 Å². The van der Waals surface area contributed by atoms with Crippen LogP contribution < -0.4 is 20.7 Å². The standard InChI is InChI=1S/C24H23FN8O2/c1-27-16-4-10(25)3-13-19-21(29-20(13)16)30-24(31-22(19)33-8-14-15(26)6-18(14)33)35-11-5-12-17(28-7-11)9-32(2)23(12)34/h3-5,7,14-15,18,27H,6,8-9,26H2,1-2H3,(H,29,30,31)/t14-,15-,18?/m1/s1. The van der Waals surface area contributed by atoms with Gasteiger partial charge in [-0.05, 0) is 24.6 Å². The Morgan fingerprint density at radius 3 is 2.89 bits per heavy atom. The number of fused-ring (bicyclic) bond motifs is 5. The topological polar surface area (TPSA) is 125 Å². The molecule has 1 amide bonds. The maximum atomic E-state index is 14.5.